The number of fused-ring (bicyclic) bond motifs is 1. The third-order valence-corrected chi connectivity index (χ3v) is 4.19. The van der Waals surface area contributed by atoms with Gasteiger partial charge >= 0.3 is 5.97 Å². The molecule has 1 aromatic heterocycles. The van der Waals surface area contributed by atoms with Gasteiger partial charge in [0.2, 0.25) is 5.43 Å². The number of ether oxygens (including phenoxy) is 1. The second-order valence-corrected chi connectivity index (χ2v) is 5.41. The lowest BCUT2D eigenvalue weighted by Gasteiger charge is -2.19. The lowest BCUT2D eigenvalue weighted by atomic mass is 10.1. The van der Waals surface area contributed by atoms with Crippen LogP contribution in [0.4, 0.5) is 0 Å². The topological polar surface area (TPSA) is 68.5 Å². The minimum atomic E-state index is -1.18. The number of methoxy groups -OCH3 is 1. The van der Waals surface area contributed by atoms with Gasteiger partial charge in [0.25, 0.3) is 0 Å². The van der Waals surface area contributed by atoms with Crippen LogP contribution in [0, 0.1) is 0 Å². The Morgan fingerprint density at radius 1 is 1.33 bits per heavy atom. The van der Waals surface area contributed by atoms with E-state index in [9.17, 15) is 14.7 Å². The fraction of sp³-hybridized carbons (Fsp3) is 0.375. The van der Waals surface area contributed by atoms with Crippen LogP contribution in [-0.4, -0.2) is 22.8 Å². The van der Waals surface area contributed by atoms with Gasteiger partial charge in [-0.05, 0) is 25.0 Å². The summed E-state index contributed by atoms with van der Waals surface area (Å²) in [6, 6.07) is 5.39. The van der Waals surface area contributed by atoms with Crippen molar-refractivity contribution >= 4 is 16.9 Å². The Labute approximate surface area is 121 Å². The average molecular weight is 287 g/mol. The van der Waals surface area contributed by atoms with Crippen LogP contribution in [0.1, 0.15) is 42.1 Å². The Morgan fingerprint density at radius 2 is 2.05 bits per heavy atom. The Balaban J connectivity index is 2.33. The minimum absolute atomic E-state index is 0.167. The van der Waals surface area contributed by atoms with E-state index in [1.165, 1.54) is 6.20 Å². The molecule has 0 saturated heterocycles. The maximum Gasteiger partial charge on any atom is 0.341 e. The number of aromatic carboxylic acids is 1. The van der Waals surface area contributed by atoms with Crippen molar-refractivity contribution in [2.45, 2.75) is 31.7 Å². The first-order chi connectivity index (χ1) is 10.1. The van der Waals surface area contributed by atoms with E-state index in [-0.39, 0.29) is 11.6 Å². The molecule has 3 rings (SSSR count). The van der Waals surface area contributed by atoms with E-state index < -0.39 is 11.4 Å². The van der Waals surface area contributed by atoms with E-state index >= 15 is 0 Å². The minimum Gasteiger partial charge on any atom is -0.497 e. The first kappa shape index (κ1) is 13.7. The van der Waals surface area contributed by atoms with Crippen LogP contribution in [0.25, 0.3) is 10.9 Å². The molecule has 1 aliphatic rings. The molecule has 0 amide bonds. The molecule has 1 aliphatic carbocycles. The molecule has 0 aliphatic heterocycles. The van der Waals surface area contributed by atoms with E-state index in [4.69, 9.17) is 4.74 Å². The third-order valence-electron chi connectivity index (χ3n) is 4.19. The average Bonchev–Trinajstić information content (AvgIpc) is 3.01. The molecule has 0 bridgehead atoms. The highest BCUT2D eigenvalue weighted by molar-refractivity contribution is 5.93. The zero-order valence-electron chi connectivity index (χ0n) is 11.8. The second-order valence-electron chi connectivity index (χ2n) is 5.41. The Morgan fingerprint density at radius 3 is 2.67 bits per heavy atom. The number of hydrogen-bond donors (Lipinski definition) is 1. The number of hydrogen-bond acceptors (Lipinski definition) is 3. The number of benzene rings is 1. The molecule has 1 aromatic carbocycles. The molecule has 0 atom stereocenters. The van der Waals surface area contributed by atoms with Crippen LogP contribution < -0.4 is 10.2 Å². The largest absolute Gasteiger partial charge is 0.497 e. The van der Waals surface area contributed by atoms with Crippen LogP contribution in [0.5, 0.6) is 5.75 Å². The van der Waals surface area contributed by atoms with Gasteiger partial charge in [0.05, 0.1) is 12.6 Å². The summed E-state index contributed by atoms with van der Waals surface area (Å²) in [6.07, 6.45) is 5.76. The Hall–Kier alpha value is -2.30. The van der Waals surface area contributed by atoms with Crippen LogP contribution in [0.15, 0.2) is 29.2 Å². The summed E-state index contributed by atoms with van der Waals surface area (Å²) in [6.45, 7) is 0. The van der Waals surface area contributed by atoms with Gasteiger partial charge in [-0.15, -0.1) is 0 Å². The summed E-state index contributed by atoms with van der Waals surface area (Å²) < 4.78 is 7.17. The highest BCUT2D eigenvalue weighted by Crippen LogP contribution is 2.32. The van der Waals surface area contributed by atoms with Gasteiger partial charge in [-0.3, -0.25) is 4.79 Å². The van der Waals surface area contributed by atoms with Crippen molar-refractivity contribution in [2.24, 2.45) is 0 Å². The summed E-state index contributed by atoms with van der Waals surface area (Å²) in [5, 5.41) is 9.69. The molecule has 2 aromatic rings. The molecular formula is C16H17NO4. The highest BCUT2D eigenvalue weighted by Gasteiger charge is 2.22. The van der Waals surface area contributed by atoms with E-state index in [1.54, 1.807) is 25.3 Å². The van der Waals surface area contributed by atoms with Crippen molar-refractivity contribution < 1.29 is 14.6 Å². The summed E-state index contributed by atoms with van der Waals surface area (Å²) in [4.78, 5) is 23.6. The second kappa shape index (κ2) is 5.24. The third kappa shape index (κ3) is 2.28. The Kier molecular flexibility index (Phi) is 3.41. The van der Waals surface area contributed by atoms with Crippen molar-refractivity contribution in [3.05, 3.63) is 40.2 Å². The number of carboxylic acid groups (broad SMARTS) is 1. The lowest BCUT2D eigenvalue weighted by molar-refractivity contribution is 0.0694. The van der Waals surface area contributed by atoms with Gasteiger partial charge in [0.1, 0.15) is 11.3 Å². The number of nitrogens with zero attached hydrogens (tertiary/aromatic N) is 1. The predicted octanol–water partition coefficient (Wildman–Crippen LogP) is 2.82. The molecule has 1 saturated carbocycles. The van der Waals surface area contributed by atoms with E-state index in [2.05, 4.69) is 0 Å². The van der Waals surface area contributed by atoms with Crippen LogP contribution >= 0.6 is 0 Å². The van der Waals surface area contributed by atoms with Crippen LogP contribution in [0.3, 0.4) is 0 Å². The van der Waals surface area contributed by atoms with E-state index in [0.717, 1.165) is 31.2 Å². The lowest BCUT2D eigenvalue weighted by Crippen LogP contribution is -2.20. The fourth-order valence-electron chi connectivity index (χ4n) is 3.09. The summed E-state index contributed by atoms with van der Waals surface area (Å²) in [5.74, 6) is -0.513. The number of pyridine rings is 1. The number of aromatic nitrogens is 1. The quantitative estimate of drug-likeness (QED) is 0.942. The fourth-order valence-corrected chi connectivity index (χ4v) is 3.09. The molecule has 110 valence electrons. The number of rotatable bonds is 3. The summed E-state index contributed by atoms with van der Waals surface area (Å²) >= 11 is 0. The molecule has 1 N–H and O–H groups in total. The van der Waals surface area contributed by atoms with Crippen LogP contribution in [-0.2, 0) is 0 Å². The van der Waals surface area contributed by atoms with Crippen molar-refractivity contribution in [3.63, 3.8) is 0 Å². The number of carbonyl (C=O) groups is 1. The smallest absolute Gasteiger partial charge is 0.341 e. The standard InChI is InChI=1S/C16H17NO4/c1-21-11-6-7-12-14(8-11)17(10-4-2-3-5-10)9-13(15(12)18)16(19)20/h6-10H,2-5H2,1H3,(H,19,20). The first-order valence-corrected chi connectivity index (χ1v) is 7.08. The van der Waals surface area contributed by atoms with Crippen molar-refractivity contribution in [1.82, 2.24) is 4.57 Å². The zero-order chi connectivity index (χ0) is 15.0. The van der Waals surface area contributed by atoms with Gasteiger partial charge in [0, 0.05) is 23.7 Å². The normalized spacial score (nSPS) is 15.5. The molecule has 0 spiro atoms. The molecular weight excluding hydrogens is 270 g/mol. The maximum atomic E-state index is 12.3. The molecule has 21 heavy (non-hydrogen) atoms. The maximum absolute atomic E-state index is 12.3. The van der Waals surface area contributed by atoms with Crippen molar-refractivity contribution in [3.8, 4) is 5.75 Å². The van der Waals surface area contributed by atoms with Gasteiger partial charge in [-0.2, -0.15) is 0 Å². The molecule has 5 heteroatoms. The molecule has 1 heterocycles. The molecule has 0 radical (unpaired) electrons. The molecule has 5 nitrogen and oxygen atoms in total. The zero-order valence-corrected chi connectivity index (χ0v) is 11.8. The van der Waals surface area contributed by atoms with Gasteiger partial charge in [-0.1, -0.05) is 12.8 Å². The van der Waals surface area contributed by atoms with Gasteiger partial charge in [0.15, 0.2) is 0 Å². The molecule has 0 unspecified atom stereocenters. The predicted molar refractivity (Wildman–Crippen MR) is 79.2 cm³/mol. The SMILES string of the molecule is COc1ccc2c(=O)c(C(=O)O)cn(C3CCCC3)c2c1. The van der Waals surface area contributed by atoms with Gasteiger partial charge < -0.3 is 14.4 Å². The number of carboxylic acids is 1. The monoisotopic (exact) mass is 287 g/mol. The Bertz CT molecular complexity index is 757. The summed E-state index contributed by atoms with van der Waals surface area (Å²) in [7, 11) is 1.57. The van der Waals surface area contributed by atoms with Crippen molar-refractivity contribution in [1.29, 1.82) is 0 Å². The van der Waals surface area contributed by atoms with Crippen LogP contribution in [0.2, 0.25) is 0 Å². The van der Waals surface area contributed by atoms with Gasteiger partial charge in [-0.25, -0.2) is 4.79 Å². The molecule has 1 fully saturated rings. The first-order valence-electron chi connectivity index (χ1n) is 7.08. The summed E-state index contributed by atoms with van der Waals surface area (Å²) in [5.41, 5.74) is 0.144. The van der Waals surface area contributed by atoms with E-state index in [0.29, 0.717) is 11.1 Å². The van der Waals surface area contributed by atoms with E-state index in [1.807, 2.05) is 4.57 Å². The van der Waals surface area contributed by atoms with Crippen molar-refractivity contribution in [2.75, 3.05) is 7.11 Å². The highest BCUT2D eigenvalue weighted by atomic mass is 16.5.